The van der Waals surface area contributed by atoms with Gasteiger partial charge < -0.3 is 20.7 Å². The Morgan fingerprint density at radius 1 is 1.36 bits per heavy atom. The molecule has 2 rings (SSSR count). The first kappa shape index (κ1) is 16.5. The number of anilines is 2. The Balaban J connectivity index is 1.83. The highest BCUT2D eigenvalue weighted by atomic mass is 16.6. The number of hydrogen-bond donors (Lipinski definition) is 2. The van der Waals surface area contributed by atoms with Crippen molar-refractivity contribution in [1.82, 2.24) is 5.32 Å². The van der Waals surface area contributed by atoms with Gasteiger partial charge in [-0.05, 0) is 63.8 Å². The van der Waals surface area contributed by atoms with Crippen molar-refractivity contribution in [3.8, 4) is 0 Å². The Morgan fingerprint density at radius 3 is 2.68 bits per heavy atom. The first-order valence-corrected chi connectivity index (χ1v) is 7.91. The summed E-state index contributed by atoms with van der Waals surface area (Å²) in [6, 6.07) is 7.97. The van der Waals surface area contributed by atoms with Gasteiger partial charge in [-0.3, -0.25) is 0 Å². The zero-order valence-corrected chi connectivity index (χ0v) is 13.8. The van der Waals surface area contributed by atoms with Crippen LogP contribution in [-0.2, 0) is 4.74 Å². The molecule has 0 radical (unpaired) electrons. The summed E-state index contributed by atoms with van der Waals surface area (Å²) in [6.07, 6.45) is 1.92. The molecule has 22 heavy (non-hydrogen) atoms. The van der Waals surface area contributed by atoms with Crippen LogP contribution in [0.3, 0.4) is 0 Å². The summed E-state index contributed by atoms with van der Waals surface area (Å²) in [7, 11) is 0. The Morgan fingerprint density at radius 2 is 2.05 bits per heavy atom. The normalized spacial score (nSPS) is 18.9. The molecular weight excluding hydrogens is 278 g/mol. The number of nitrogen functional groups attached to an aromatic ring is 1. The van der Waals surface area contributed by atoms with Crippen molar-refractivity contribution >= 4 is 17.5 Å². The molecule has 1 aliphatic rings. The summed E-state index contributed by atoms with van der Waals surface area (Å²) < 4.78 is 5.28. The molecule has 122 valence electrons. The Hall–Kier alpha value is -1.91. The van der Waals surface area contributed by atoms with Gasteiger partial charge in [0.15, 0.2) is 0 Å². The molecule has 0 spiro atoms. The highest BCUT2D eigenvalue weighted by Crippen LogP contribution is 2.23. The lowest BCUT2D eigenvalue weighted by atomic mass is 9.97. The van der Waals surface area contributed by atoms with Crippen molar-refractivity contribution in [2.75, 3.05) is 30.3 Å². The molecule has 5 nitrogen and oxygen atoms in total. The van der Waals surface area contributed by atoms with E-state index in [1.807, 2.05) is 32.9 Å². The predicted octanol–water partition coefficient (Wildman–Crippen LogP) is 3.01. The highest BCUT2D eigenvalue weighted by molar-refractivity contribution is 5.67. The molecule has 1 aliphatic heterocycles. The topological polar surface area (TPSA) is 67.6 Å². The number of alkyl carbamates (subject to hydrolysis) is 1. The zero-order valence-electron chi connectivity index (χ0n) is 13.8. The number of benzene rings is 1. The van der Waals surface area contributed by atoms with E-state index in [1.54, 1.807) is 0 Å². The van der Waals surface area contributed by atoms with Gasteiger partial charge in [-0.1, -0.05) is 0 Å². The average molecular weight is 305 g/mol. The number of nitrogens with two attached hydrogens (primary N) is 1. The number of nitrogens with zero attached hydrogens (tertiary/aromatic N) is 1. The molecule has 1 fully saturated rings. The van der Waals surface area contributed by atoms with Gasteiger partial charge in [0.1, 0.15) is 5.60 Å². The van der Waals surface area contributed by atoms with E-state index in [0.717, 1.165) is 31.6 Å². The largest absolute Gasteiger partial charge is 0.444 e. The van der Waals surface area contributed by atoms with Crippen molar-refractivity contribution in [1.29, 1.82) is 0 Å². The lowest BCUT2D eigenvalue weighted by molar-refractivity contribution is 0.0517. The second-order valence-corrected chi connectivity index (χ2v) is 6.93. The van der Waals surface area contributed by atoms with Crippen LogP contribution < -0.4 is 16.0 Å². The summed E-state index contributed by atoms with van der Waals surface area (Å²) in [6.45, 7) is 8.26. The standard InChI is InChI=1S/C17H27N3O2/c1-17(2,3)22-16(21)19-11-13-5-4-10-20(12-13)15-8-6-14(18)7-9-15/h6-9,13H,4-5,10-12,18H2,1-3H3,(H,19,21). The predicted molar refractivity (Wildman–Crippen MR) is 90.0 cm³/mol. The maximum absolute atomic E-state index is 11.7. The number of carbonyl (C=O) groups excluding carboxylic acids is 1. The molecule has 0 aliphatic carbocycles. The molecule has 0 aromatic heterocycles. The van der Waals surface area contributed by atoms with Crippen LogP contribution in [0.2, 0.25) is 0 Å². The maximum atomic E-state index is 11.7. The number of nitrogens with one attached hydrogen (secondary N) is 1. The molecule has 0 saturated carbocycles. The Kier molecular flexibility index (Phi) is 5.16. The van der Waals surface area contributed by atoms with Gasteiger partial charge in [0, 0.05) is 31.0 Å². The first-order chi connectivity index (χ1) is 10.3. The number of amides is 1. The van der Waals surface area contributed by atoms with Gasteiger partial charge in [-0.2, -0.15) is 0 Å². The smallest absolute Gasteiger partial charge is 0.407 e. The van der Waals surface area contributed by atoms with Crippen LogP contribution in [0, 0.1) is 5.92 Å². The fourth-order valence-corrected chi connectivity index (χ4v) is 2.69. The molecule has 5 heteroatoms. The number of hydrogen-bond acceptors (Lipinski definition) is 4. The van der Waals surface area contributed by atoms with Crippen LogP contribution in [0.5, 0.6) is 0 Å². The zero-order chi connectivity index (χ0) is 16.2. The van der Waals surface area contributed by atoms with Crippen molar-refractivity contribution in [2.24, 2.45) is 5.92 Å². The van der Waals surface area contributed by atoms with Crippen LogP contribution in [0.1, 0.15) is 33.6 Å². The van der Waals surface area contributed by atoms with E-state index in [-0.39, 0.29) is 6.09 Å². The second kappa shape index (κ2) is 6.90. The minimum atomic E-state index is -0.452. The third-order valence-electron chi connectivity index (χ3n) is 3.71. The number of carbonyl (C=O) groups is 1. The summed E-state index contributed by atoms with van der Waals surface area (Å²) in [5.41, 5.74) is 7.26. The lowest BCUT2D eigenvalue weighted by Crippen LogP contribution is -2.42. The average Bonchev–Trinajstić information content (AvgIpc) is 2.44. The van der Waals surface area contributed by atoms with Crippen LogP contribution >= 0.6 is 0 Å². The van der Waals surface area contributed by atoms with Crippen molar-refractivity contribution in [3.63, 3.8) is 0 Å². The molecule has 1 aromatic rings. The van der Waals surface area contributed by atoms with Gasteiger partial charge in [0.2, 0.25) is 0 Å². The van der Waals surface area contributed by atoms with E-state index < -0.39 is 5.60 Å². The Labute approximate surface area is 132 Å². The van der Waals surface area contributed by atoms with Crippen molar-refractivity contribution in [2.45, 2.75) is 39.2 Å². The molecule has 1 saturated heterocycles. The molecule has 1 unspecified atom stereocenters. The fourth-order valence-electron chi connectivity index (χ4n) is 2.69. The second-order valence-electron chi connectivity index (χ2n) is 6.93. The van der Waals surface area contributed by atoms with E-state index >= 15 is 0 Å². The molecular formula is C17H27N3O2. The maximum Gasteiger partial charge on any atom is 0.407 e. The van der Waals surface area contributed by atoms with Gasteiger partial charge in [-0.15, -0.1) is 0 Å². The first-order valence-electron chi connectivity index (χ1n) is 7.91. The molecule has 0 bridgehead atoms. The molecule has 1 heterocycles. The molecule has 1 aromatic carbocycles. The number of rotatable bonds is 3. The molecule has 3 N–H and O–H groups in total. The van der Waals surface area contributed by atoms with Crippen LogP contribution in [0.4, 0.5) is 16.2 Å². The summed E-state index contributed by atoms with van der Waals surface area (Å²) in [4.78, 5) is 14.1. The molecule has 1 amide bonds. The van der Waals surface area contributed by atoms with Crippen LogP contribution in [0.25, 0.3) is 0 Å². The van der Waals surface area contributed by atoms with E-state index in [0.29, 0.717) is 12.5 Å². The van der Waals surface area contributed by atoms with E-state index in [9.17, 15) is 4.79 Å². The highest BCUT2D eigenvalue weighted by Gasteiger charge is 2.22. The lowest BCUT2D eigenvalue weighted by Gasteiger charge is -2.34. The number of ether oxygens (including phenoxy) is 1. The third kappa shape index (κ3) is 5.13. The Bertz CT molecular complexity index is 494. The van der Waals surface area contributed by atoms with E-state index in [2.05, 4.69) is 22.3 Å². The number of piperidine rings is 1. The summed E-state index contributed by atoms with van der Waals surface area (Å²) in [5, 5.41) is 2.88. The van der Waals surface area contributed by atoms with Crippen LogP contribution in [0.15, 0.2) is 24.3 Å². The quantitative estimate of drug-likeness (QED) is 0.842. The van der Waals surface area contributed by atoms with Crippen molar-refractivity contribution in [3.05, 3.63) is 24.3 Å². The van der Waals surface area contributed by atoms with Gasteiger partial charge in [0.25, 0.3) is 0 Å². The SMILES string of the molecule is CC(C)(C)OC(=O)NCC1CCCN(c2ccc(N)cc2)C1. The van der Waals surface area contributed by atoms with Gasteiger partial charge in [0.05, 0.1) is 0 Å². The minimum Gasteiger partial charge on any atom is -0.444 e. The van der Waals surface area contributed by atoms with Crippen molar-refractivity contribution < 1.29 is 9.53 Å². The summed E-state index contributed by atoms with van der Waals surface area (Å²) in [5.74, 6) is 0.443. The van der Waals surface area contributed by atoms with Gasteiger partial charge >= 0.3 is 6.09 Å². The summed E-state index contributed by atoms with van der Waals surface area (Å²) >= 11 is 0. The van der Waals surface area contributed by atoms with E-state index in [1.165, 1.54) is 5.69 Å². The molecule has 1 atom stereocenters. The minimum absolute atomic E-state index is 0.336. The van der Waals surface area contributed by atoms with E-state index in [4.69, 9.17) is 10.5 Å². The monoisotopic (exact) mass is 305 g/mol. The van der Waals surface area contributed by atoms with Gasteiger partial charge in [-0.25, -0.2) is 4.79 Å². The fraction of sp³-hybridized carbons (Fsp3) is 0.588. The third-order valence-corrected chi connectivity index (χ3v) is 3.71. The van der Waals surface area contributed by atoms with Crippen LogP contribution in [-0.4, -0.2) is 31.3 Å².